The smallest absolute Gasteiger partial charge is 0.271 e. The normalized spacial score (nSPS) is 14.9. The lowest BCUT2D eigenvalue weighted by atomic mass is 9.95. The first-order chi connectivity index (χ1) is 15.4. The Morgan fingerprint density at radius 2 is 1.97 bits per heavy atom. The molecule has 3 aromatic rings. The topological polar surface area (TPSA) is 114 Å². The Kier molecular flexibility index (Phi) is 6.61. The number of benzene rings is 2. The number of anilines is 1. The van der Waals surface area contributed by atoms with Crippen molar-refractivity contribution in [3.8, 4) is 11.4 Å². The number of piperidine rings is 1. The van der Waals surface area contributed by atoms with Crippen LogP contribution in [0.1, 0.15) is 24.3 Å². The van der Waals surface area contributed by atoms with Gasteiger partial charge in [0, 0.05) is 28.1 Å². The van der Waals surface area contributed by atoms with Gasteiger partial charge in [-0.05, 0) is 62.7 Å². The maximum Gasteiger partial charge on any atom is 0.271 e. The standard InChI is InChI=1S/C22H22BrN5O4/c1-14-2-7-18(28(30)31)12-19(14)24-22(29)16-8-10-27(11-9-16)13-20-25-21(26-32-20)15-3-5-17(23)6-4-15/h2-7,12,16H,8-11,13H2,1H3,(H,24,29). The van der Waals surface area contributed by atoms with E-state index >= 15 is 0 Å². The lowest BCUT2D eigenvalue weighted by Gasteiger charge is -2.30. The van der Waals surface area contributed by atoms with Gasteiger partial charge in [-0.1, -0.05) is 27.2 Å². The van der Waals surface area contributed by atoms with Crippen LogP contribution in [-0.2, 0) is 11.3 Å². The number of nitrogens with zero attached hydrogens (tertiary/aromatic N) is 4. The molecular formula is C22H22BrN5O4. The Morgan fingerprint density at radius 3 is 2.66 bits per heavy atom. The van der Waals surface area contributed by atoms with E-state index in [2.05, 4.69) is 36.3 Å². The third kappa shape index (κ3) is 5.20. The number of halogens is 1. The molecule has 0 atom stereocenters. The van der Waals surface area contributed by atoms with Crippen LogP contribution >= 0.6 is 15.9 Å². The second-order valence-corrected chi connectivity index (χ2v) is 8.73. The number of likely N-dealkylation sites (tertiary alicyclic amines) is 1. The zero-order chi connectivity index (χ0) is 22.7. The van der Waals surface area contributed by atoms with Gasteiger partial charge in [0.2, 0.25) is 17.6 Å². The predicted molar refractivity (Wildman–Crippen MR) is 122 cm³/mol. The summed E-state index contributed by atoms with van der Waals surface area (Å²) in [7, 11) is 0. The van der Waals surface area contributed by atoms with Crippen molar-refractivity contribution >= 4 is 33.2 Å². The lowest BCUT2D eigenvalue weighted by Crippen LogP contribution is -2.37. The molecule has 0 bridgehead atoms. The average Bonchev–Trinajstić information content (AvgIpc) is 3.24. The van der Waals surface area contributed by atoms with Crippen LogP contribution in [0.2, 0.25) is 0 Å². The summed E-state index contributed by atoms with van der Waals surface area (Å²) in [6.07, 6.45) is 1.38. The summed E-state index contributed by atoms with van der Waals surface area (Å²) >= 11 is 3.41. The van der Waals surface area contributed by atoms with E-state index < -0.39 is 4.92 Å². The van der Waals surface area contributed by atoms with Crippen molar-refractivity contribution in [2.75, 3.05) is 18.4 Å². The largest absolute Gasteiger partial charge is 0.338 e. The summed E-state index contributed by atoms with van der Waals surface area (Å²) in [5, 5.41) is 17.9. The van der Waals surface area contributed by atoms with E-state index in [4.69, 9.17) is 4.52 Å². The minimum Gasteiger partial charge on any atom is -0.338 e. The van der Waals surface area contributed by atoms with Gasteiger partial charge in [-0.15, -0.1) is 0 Å². The van der Waals surface area contributed by atoms with Crippen LogP contribution in [0.25, 0.3) is 11.4 Å². The second-order valence-electron chi connectivity index (χ2n) is 7.81. The highest BCUT2D eigenvalue weighted by atomic mass is 79.9. The molecule has 0 spiro atoms. The molecule has 2 aromatic carbocycles. The molecule has 9 nitrogen and oxygen atoms in total. The molecule has 1 aliphatic heterocycles. The van der Waals surface area contributed by atoms with E-state index in [1.807, 2.05) is 31.2 Å². The van der Waals surface area contributed by atoms with Crippen LogP contribution in [0, 0.1) is 23.0 Å². The maximum atomic E-state index is 12.7. The summed E-state index contributed by atoms with van der Waals surface area (Å²) in [4.78, 5) is 29.9. The van der Waals surface area contributed by atoms with Crippen LogP contribution in [0.4, 0.5) is 11.4 Å². The molecule has 1 fully saturated rings. The molecule has 1 aliphatic rings. The van der Waals surface area contributed by atoms with E-state index in [-0.39, 0.29) is 17.5 Å². The van der Waals surface area contributed by atoms with E-state index in [0.717, 1.165) is 28.7 Å². The van der Waals surface area contributed by atoms with Crippen molar-refractivity contribution in [1.82, 2.24) is 15.0 Å². The minimum atomic E-state index is -0.465. The van der Waals surface area contributed by atoms with Gasteiger partial charge >= 0.3 is 0 Å². The molecule has 32 heavy (non-hydrogen) atoms. The van der Waals surface area contributed by atoms with Gasteiger partial charge in [0.15, 0.2) is 0 Å². The Labute approximate surface area is 193 Å². The lowest BCUT2D eigenvalue weighted by molar-refractivity contribution is -0.384. The van der Waals surface area contributed by atoms with Gasteiger partial charge in [-0.3, -0.25) is 19.8 Å². The molecular weight excluding hydrogens is 478 g/mol. The molecule has 10 heteroatoms. The highest BCUT2D eigenvalue weighted by molar-refractivity contribution is 9.10. The number of aromatic nitrogens is 2. The molecule has 0 aliphatic carbocycles. The number of carbonyl (C=O) groups is 1. The molecule has 1 aromatic heterocycles. The highest BCUT2D eigenvalue weighted by Gasteiger charge is 2.26. The van der Waals surface area contributed by atoms with Gasteiger partial charge in [0.25, 0.3) is 5.69 Å². The first-order valence-electron chi connectivity index (χ1n) is 10.3. The van der Waals surface area contributed by atoms with Crippen LogP contribution in [0.5, 0.6) is 0 Å². The van der Waals surface area contributed by atoms with Crippen molar-refractivity contribution in [3.05, 3.63) is 68.5 Å². The number of non-ortho nitro benzene ring substituents is 1. The first kappa shape index (κ1) is 22.1. The highest BCUT2D eigenvalue weighted by Crippen LogP contribution is 2.25. The fourth-order valence-electron chi connectivity index (χ4n) is 3.67. The molecule has 0 radical (unpaired) electrons. The number of hydrogen-bond donors (Lipinski definition) is 1. The molecule has 1 saturated heterocycles. The monoisotopic (exact) mass is 499 g/mol. The van der Waals surface area contributed by atoms with Crippen LogP contribution in [0.15, 0.2) is 51.5 Å². The van der Waals surface area contributed by atoms with E-state index in [0.29, 0.717) is 36.8 Å². The quantitative estimate of drug-likeness (QED) is 0.390. The minimum absolute atomic E-state index is 0.0391. The summed E-state index contributed by atoms with van der Waals surface area (Å²) in [6.45, 7) is 3.79. The zero-order valence-corrected chi connectivity index (χ0v) is 19.0. The second kappa shape index (κ2) is 9.58. The summed E-state index contributed by atoms with van der Waals surface area (Å²) in [5.74, 6) is 0.835. The van der Waals surface area contributed by atoms with Crippen LogP contribution in [-0.4, -0.2) is 39.0 Å². The third-order valence-corrected chi connectivity index (χ3v) is 6.11. The van der Waals surface area contributed by atoms with E-state index in [1.54, 1.807) is 6.07 Å². The molecule has 1 N–H and O–H groups in total. The van der Waals surface area contributed by atoms with Gasteiger partial charge < -0.3 is 9.84 Å². The van der Waals surface area contributed by atoms with Crippen molar-refractivity contribution in [2.45, 2.75) is 26.3 Å². The first-order valence-corrected chi connectivity index (χ1v) is 11.0. The molecule has 2 heterocycles. The molecule has 0 saturated carbocycles. The van der Waals surface area contributed by atoms with Crippen molar-refractivity contribution < 1.29 is 14.2 Å². The van der Waals surface area contributed by atoms with E-state index in [1.165, 1.54) is 12.1 Å². The Hall–Kier alpha value is -3.11. The summed E-state index contributed by atoms with van der Waals surface area (Å²) < 4.78 is 6.38. The van der Waals surface area contributed by atoms with Gasteiger partial charge in [0.1, 0.15) is 0 Å². The van der Waals surface area contributed by atoms with Gasteiger partial charge in [0.05, 0.1) is 17.2 Å². The van der Waals surface area contributed by atoms with E-state index in [9.17, 15) is 14.9 Å². The number of aryl methyl sites for hydroxylation is 1. The fraction of sp³-hybridized carbons (Fsp3) is 0.318. The van der Waals surface area contributed by atoms with Crippen LogP contribution in [0.3, 0.4) is 0 Å². The molecule has 166 valence electrons. The number of carbonyl (C=O) groups excluding carboxylic acids is 1. The number of nitro benzene ring substituents is 1. The van der Waals surface area contributed by atoms with Crippen LogP contribution < -0.4 is 5.32 Å². The maximum absolute atomic E-state index is 12.7. The number of amides is 1. The van der Waals surface area contributed by atoms with Crippen molar-refractivity contribution in [2.24, 2.45) is 5.92 Å². The summed E-state index contributed by atoms with van der Waals surface area (Å²) in [6, 6.07) is 12.2. The average molecular weight is 500 g/mol. The number of rotatable bonds is 6. The molecule has 4 rings (SSSR count). The van der Waals surface area contributed by atoms with Gasteiger partial charge in [-0.25, -0.2) is 0 Å². The number of nitrogens with one attached hydrogen (secondary N) is 1. The van der Waals surface area contributed by atoms with Gasteiger partial charge in [-0.2, -0.15) is 4.98 Å². The number of nitro groups is 1. The Bertz CT molecular complexity index is 1120. The third-order valence-electron chi connectivity index (χ3n) is 5.58. The van der Waals surface area contributed by atoms with Crippen molar-refractivity contribution in [3.63, 3.8) is 0 Å². The fourth-order valence-corrected chi connectivity index (χ4v) is 3.94. The number of hydrogen-bond acceptors (Lipinski definition) is 7. The van der Waals surface area contributed by atoms with Crippen molar-refractivity contribution in [1.29, 1.82) is 0 Å². The summed E-state index contributed by atoms with van der Waals surface area (Å²) in [5.41, 5.74) is 2.12. The molecule has 1 amide bonds. The SMILES string of the molecule is Cc1ccc([N+](=O)[O-])cc1NC(=O)C1CCN(Cc2nc(-c3ccc(Br)cc3)no2)CC1. The Balaban J connectivity index is 1.31. The Morgan fingerprint density at radius 1 is 1.25 bits per heavy atom. The predicted octanol–water partition coefficient (Wildman–Crippen LogP) is 4.57. The molecule has 0 unspecified atom stereocenters. The zero-order valence-electron chi connectivity index (χ0n) is 17.5.